The lowest BCUT2D eigenvalue weighted by molar-refractivity contribution is -0.137. The molecule has 2 aromatic carbocycles. The fourth-order valence-corrected chi connectivity index (χ4v) is 7.80. The molecule has 0 atom stereocenters. The molecule has 8 heteroatoms. The number of unbranched alkanes of at least 4 members (excludes halogenated alkanes) is 2. The minimum atomic E-state index is -0.733. The van der Waals surface area contributed by atoms with Crippen LogP contribution in [0.1, 0.15) is 64.5 Å². The van der Waals surface area contributed by atoms with Gasteiger partial charge in [-0.3, -0.25) is 4.79 Å². The summed E-state index contributed by atoms with van der Waals surface area (Å²) in [5.41, 5.74) is 2.72. The third-order valence-corrected chi connectivity index (χ3v) is 9.93. The molecule has 200 valence electrons. The number of benzene rings is 2. The Labute approximate surface area is 239 Å². The second-order valence-electron chi connectivity index (χ2n) is 9.57. The molecule has 0 fully saturated rings. The number of hydrogen-bond donors (Lipinski definition) is 0. The van der Waals surface area contributed by atoms with Gasteiger partial charge >= 0.3 is 5.97 Å². The second-order valence-corrected chi connectivity index (χ2v) is 12.3. The Morgan fingerprint density at radius 2 is 1.76 bits per heavy atom. The van der Waals surface area contributed by atoms with Crippen molar-refractivity contribution < 1.29 is 19.1 Å². The summed E-state index contributed by atoms with van der Waals surface area (Å²) >= 11 is 9.07. The van der Waals surface area contributed by atoms with Crippen LogP contribution < -0.4 is 9.64 Å². The number of ether oxygens (including phenoxy) is 2. The van der Waals surface area contributed by atoms with Gasteiger partial charge in [0, 0.05) is 22.5 Å². The molecule has 0 N–H and O–H groups in total. The van der Waals surface area contributed by atoms with Crippen molar-refractivity contribution >= 4 is 68.6 Å². The first-order chi connectivity index (χ1) is 18.2. The smallest absolute Gasteiger partial charge is 0.346 e. The van der Waals surface area contributed by atoms with Gasteiger partial charge in [-0.05, 0) is 51.0 Å². The summed E-state index contributed by atoms with van der Waals surface area (Å²) in [5.74, 6) is 0.389. The highest BCUT2D eigenvalue weighted by Crippen LogP contribution is 2.58. The van der Waals surface area contributed by atoms with E-state index in [9.17, 15) is 9.59 Å². The summed E-state index contributed by atoms with van der Waals surface area (Å²) < 4.78 is 11.9. The molecule has 0 radical (unpaired) electrons. The highest BCUT2D eigenvalue weighted by Gasteiger charge is 2.45. The van der Waals surface area contributed by atoms with E-state index in [-0.39, 0.29) is 11.9 Å². The molecule has 0 aromatic heterocycles. The van der Waals surface area contributed by atoms with Gasteiger partial charge in [-0.2, -0.15) is 0 Å². The average molecular weight is 568 g/mol. The third-order valence-electron chi connectivity index (χ3n) is 6.60. The second kappa shape index (κ2) is 12.1. The number of carbonyl (C=O) groups is 2. The van der Waals surface area contributed by atoms with Gasteiger partial charge in [-0.1, -0.05) is 85.8 Å². The zero-order valence-corrected chi connectivity index (χ0v) is 24.9. The molecule has 2 aromatic rings. The van der Waals surface area contributed by atoms with E-state index in [4.69, 9.17) is 21.7 Å². The number of esters is 1. The molecule has 2 aliphatic heterocycles. The first-order valence-corrected chi connectivity index (χ1v) is 14.9. The molecule has 2 aliphatic rings. The fraction of sp³-hybridized carbons (Fsp3) is 0.367. The van der Waals surface area contributed by atoms with Crippen LogP contribution in [-0.2, 0) is 14.3 Å². The summed E-state index contributed by atoms with van der Waals surface area (Å²) in [5, 5.41) is 0. The van der Waals surface area contributed by atoms with Crippen LogP contribution in [0.5, 0.6) is 5.75 Å². The van der Waals surface area contributed by atoms with Crippen LogP contribution in [0, 0.1) is 0 Å². The minimum absolute atomic E-state index is 0.0586. The van der Waals surface area contributed by atoms with Gasteiger partial charge in [0.25, 0.3) is 0 Å². The number of fused-ring (bicyclic) bond motifs is 1. The van der Waals surface area contributed by atoms with Crippen LogP contribution >= 0.6 is 35.7 Å². The number of nitrogens with zero attached hydrogens (tertiary/aromatic N) is 1. The van der Waals surface area contributed by atoms with Crippen LogP contribution in [0.15, 0.2) is 57.7 Å². The van der Waals surface area contributed by atoms with Gasteiger partial charge in [0.1, 0.15) is 10.7 Å². The van der Waals surface area contributed by atoms with Crippen LogP contribution in [0.25, 0.3) is 10.5 Å². The van der Waals surface area contributed by atoms with Gasteiger partial charge in [-0.15, -0.1) is 0 Å². The molecule has 5 nitrogen and oxygen atoms in total. The van der Waals surface area contributed by atoms with Crippen molar-refractivity contribution in [2.75, 3.05) is 18.6 Å². The molecule has 4 rings (SSSR count). The minimum Gasteiger partial charge on any atom is -0.497 e. The molecular formula is C30H33NO4S3. The van der Waals surface area contributed by atoms with E-state index >= 15 is 0 Å². The van der Waals surface area contributed by atoms with Gasteiger partial charge < -0.3 is 14.4 Å². The first-order valence-electron chi connectivity index (χ1n) is 12.9. The molecule has 38 heavy (non-hydrogen) atoms. The van der Waals surface area contributed by atoms with Crippen molar-refractivity contribution in [2.45, 2.75) is 58.9 Å². The SMILES string of the molecule is CCCCCC(=O)N1c2ccc(OC)cc2/C(=C2/SC(C(=O)OCC)=C(c3ccccc3)S2)C(=S)C1(C)C. The number of methoxy groups -OCH3 is 1. The molecule has 0 spiro atoms. The Hall–Kier alpha value is -2.55. The Morgan fingerprint density at radius 1 is 1.03 bits per heavy atom. The lowest BCUT2D eigenvalue weighted by atomic mass is 9.83. The van der Waals surface area contributed by atoms with Crippen molar-refractivity contribution in [2.24, 2.45) is 0 Å². The van der Waals surface area contributed by atoms with Crippen molar-refractivity contribution in [3.8, 4) is 5.75 Å². The number of carbonyl (C=O) groups excluding carboxylic acids is 2. The molecule has 0 bridgehead atoms. The monoisotopic (exact) mass is 567 g/mol. The maximum absolute atomic E-state index is 13.6. The van der Waals surface area contributed by atoms with Crippen molar-refractivity contribution in [3.05, 3.63) is 68.8 Å². The molecule has 1 amide bonds. The third kappa shape index (κ3) is 5.44. The van der Waals surface area contributed by atoms with E-state index < -0.39 is 5.54 Å². The standard InChI is InChI=1S/C30H33NO4S3/c1-6-8-10-15-23(32)31-22-17-16-20(34-5)18-21(22)24(27(36)30(31,3)4)29-37-25(19-13-11-9-12-14-19)26(38-29)28(33)35-7-2/h9,11-14,16-18H,6-8,10,15H2,1-5H3/b29-24-. The molecule has 0 unspecified atom stereocenters. The summed E-state index contributed by atoms with van der Waals surface area (Å²) in [4.78, 5) is 30.5. The maximum atomic E-state index is 13.6. The van der Waals surface area contributed by atoms with E-state index in [1.165, 1.54) is 23.5 Å². The molecule has 0 saturated heterocycles. The van der Waals surface area contributed by atoms with Crippen LogP contribution in [0.4, 0.5) is 5.69 Å². The number of thioether (sulfide) groups is 2. The normalized spacial score (nSPS) is 18.4. The molecular weight excluding hydrogens is 535 g/mol. The van der Waals surface area contributed by atoms with Gasteiger partial charge in [0.15, 0.2) is 0 Å². The number of anilines is 1. The Kier molecular flexibility index (Phi) is 9.06. The predicted molar refractivity (Wildman–Crippen MR) is 163 cm³/mol. The quantitative estimate of drug-likeness (QED) is 0.139. The highest BCUT2D eigenvalue weighted by atomic mass is 32.2. The Bertz CT molecular complexity index is 1310. The predicted octanol–water partition coefficient (Wildman–Crippen LogP) is 7.85. The van der Waals surface area contributed by atoms with Gasteiger partial charge in [-0.25, -0.2) is 4.79 Å². The number of hydrogen-bond acceptors (Lipinski definition) is 7. The summed E-state index contributed by atoms with van der Waals surface area (Å²) in [7, 11) is 1.63. The zero-order valence-electron chi connectivity index (χ0n) is 22.5. The fourth-order valence-electron chi connectivity index (χ4n) is 4.67. The van der Waals surface area contributed by atoms with E-state index in [0.29, 0.717) is 28.5 Å². The van der Waals surface area contributed by atoms with Crippen LogP contribution in [-0.4, -0.2) is 36.0 Å². The van der Waals surface area contributed by atoms with Crippen molar-refractivity contribution in [1.82, 2.24) is 0 Å². The van der Waals surface area contributed by atoms with Crippen LogP contribution in [0.3, 0.4) is 0 Å². The highest BCUT2D eigenvalue weighted by molar-refractivity contribution is 8.32. The summed E-state index contributed by atoms with van der Waals surface area (Å²) in [6.45, 7) is 8.23. The molecule has 2 heterocycles. The number of amides is 1. The van der Waals surface area contributed by atoms with Gasteiger partial charge in [0.05, 0.1) is 34.0 Å². The number of thiocarbonyl (C=S) groups is 1. The zero-order chi connectivity index (χ0) is 27.4. The summed E-state index contributed by atoms with van der Waals surface area (Å²) in [6, 6.07) is 15.6. The van der Waals surface area contributed by atoms with Crippen LogP contribution in [0.2, 0.25) is 0 Å². The van der Waals surface area contributed by atoms with Gasteiger partial charge in [0.2, 0.25) is 5.91 Å². The van der Waals surface area contributed by atoms with E-state index in [1.807, 2.05) is 67.3 Å². The Balaban J connectivity index is 1.87. The maximum Gasteiger partial charge on any atom is 0.346 e. The largest absolute Gasteiger partial charge is 0.497 e. The number of rotatable bonds is 8. The molecule has 0 saturated carbocycles. The topological polar surface area (TPSA) is 55.8 Å². The first kappa shape index (κ1) is 28.5. The lowest BCUT2D eigenvalue weighted by Crippen LogP contribution is -2.55. The summed E-state index contributed by atoms with van der Waals surface area (Å²) in [6.07, 6.45) is 3.36. The Morgan fingerprint density at radius 3 is 2.42 bits per heavy atom. The van der Waals surface area contributed by atoms with E-state index in [2.05, 4.69) is 6.92 Å². The average Bonchev–Trinajstić information content (AvgIpc) is 3.35. The molecule has 0 aliphatic carbocycles. The lowest BCUT2D eigenvalue weighted by Gasteiger charge is -2.45. The van der Waals surface area contributed by atoms with E-state index in [0.717, 1.165) is 50.8 Å². The van der Waals surface area contributed by atoms with E-state index in [1.54, 1.807) is 14.0 Å². The van der Waals surface area contributed by atoms with Crippen molar-refractivity contribution in [1.29, 1.82) is 0 Å². The van der Waals surface area contributed by atoms with Crippen molar-refractivity contribution in [3.63, 3.8) is 0 Å².